The number of anilines is 1. The van der Waals surface area contributed by atoms with Gasteiger partial charge in [-0.25, -0.2) is 0 Å². The number of fused-ring (bicyclic) bond motifs is 1. The highest BCUT2D eigenvalue weighted by Gasteiger charge is 2.45. The third-order valence-electron chi connectivity index (χ3n) is 6.05. The van der Waals surface area contributed by atoms with Gasteiger partial charge in [-0.05, 0) is 62.7 Å². The van der Waals surface area contributed by atoms with Gasteiger partial charge in [0.2, 0.25) is 5.78 Å². The number of para-hydroxylation sites is 1. The topological polar surface area (TPSA) is 89.2 Å². The Morgan fingerprint density at radius 3 is 2.51 bits per heavy atom. The lowest BCUT2D eigenvalue weighted by atomic mass is 9.94. The number of rotatable bonds is 8. The van der Waals surface area contributed by atoms with E-state index in [-0.39, 0.29) is 17.4 Å². The molecule has 0 aliphatic carbocycles. The zero-order valence-corrected chi connectivity index (χ0v) is 20.8. The highest BCUT2D eigenvalue weighted by atomic mass is 16.5. The second-order valence-corrected chi connectivity index (χ2v) is 8.99. The van der Waals surface area contributed by atoms with Crippen LogP contribution in [0.25, 0.3) is 11.0 Å². The first-order chi connectivity index (χ1) is 17.9. The number of nitrogens with zero attached hydrogens (tertiary/aromatic N) is 1. The standard InChI is InChI=1S/C30H27NO6/c1-4-35-22-12-8-11-21(17-22)31-27(20-10-7-13-23(15-20)36-18(2)3)26(29(33)30(31)34)28(32)25-16-19-9-5-6-14-24(19)37-25/h5-18,27,33H,4H2,1-3H3. The Balaban J connectivity index is 1.65. The van der Waals surface area contributed by atoms with Crippen LogP contribution in [0.5, 0.6) is 11.5 Å². The zero-order valence-electron chi connectivity index (χ0n) is 20.8. The molecule has 0 bridgehead atoms. The molecule has 1 aliphatic rings. The Morgan fingerprint density at radius 1 is 1.00 bits per heavy atom. The summed E-state index contributed by atoms with van der Waals surface area (Å²) >= 11 is 0. The van der Waals surface area contributed by atoms with Crippen LogP contribution in [0.4, 0.5) is 5.69 Å². The Kier molecular flexibility index (Phi) is 6.44. The van der Waals surface area contributed by atoms with Gasteiger partial charge in [0.1, 0.15) is 17.1 Å². The molecule has 7 heteroatoms. The molecule has 37 heavy (non-hydrogen) atoms. The molecule has 5 rings (SSSR count). The summed E-state index contributed by atoms with van der Waals surface area (Å²) in [7, 11) is 0. The van der Waals surface area contributed by atoms with E-state index in [1.54, 1.807) is 54.6 Å². The maximum absolute atomic E-state index is 13.8. The Bertz CT molecular complexity index is 1480. The molecule has 1 N–H and O–H groups in total. The second kappa shape index (κ2) is 9.85. The summed E-state index contributed by atoms with van der Waals surface area (Å²) in [6, 6.07) is 22.1. The maximum Gasteiger partial charge on any atom is 0.294 e. The van der Waals surface area contributed by atoms with Gasteiger partial charge in [0.25, 0.3) is 5.91 Å². The van der Waals surface area contributed by atoms with Crippen molar-refractivity contribution in [1.82, 2.24) is 0 Å². The average molecular weight is 498 g/mol. The van der Waals surface area contributed by atoms with Gasteiger partial charge in [-0.3, -0.25) is 14.5 Å². The molecule has 3 aromatic carbocycles. The molecular weight excluding hydrogens is 470 g/mol. The summed E-state index contributed by atoms with van der Waals surface area (Å²) in [5, 5.41) is 11.8. The van der Waals surface area contributed by atoms with Gasteiger partial charge >= 0.3 is 0 Å². The van der Waals surface area contributed by atoms with Crippen molar-refractivity contribution >= 4 is 28.3 Å². The molecule has 0 radical (unpaired) electrons. The molecule has 188 valence electrons. The van der Waals surface area contributed by atoms with Crippen molar-refractivity contribution < 1.29 is 28.6 Å². The molecule has 2 heterocycles. The fourth-order valence-electron chi connectivity index (χ4n) is 4.57. The summed E-state index contributed by atoms with van der Waals surface area (Å²) < 4.78 is 17.3. The molecule has 0 saturated heterocycles. The van der Waals surface area contributed by atoms with E-state index >= 15 is 0 Å². The Morgan fingerprint density at radius 2 is 1.76 bits per heavy atom. The predicted octanol–water partition coefficient (Wildman–Crippen LogP) is 6.40. The van der Waals surface area contributed by atoms with Crippen LogP contribution in [0.3, 0.4) is 0 Å². The van der Waals surface area contributed by atoms with Crippen molar-refractivity contribution in [3.63, 3.8) is 0 Å². The van der Waals surface area contributed by atoms with Crippen LogP contribution < -0.4 is 14.4 Å². The number of Topliss-reactive ketones (excluding diaryl/α,β-unsaturated/α-hetero) is 1. The van der Waals surface area contributed by atoms with E-state index in [1.807, 2.05) is 45.0 Å². The first-order valence-electron chi connectivity index (χ1n) is 12.2. The average Bonchev–Trinajstić information content (AvgIpc) is 3.43. The molecule has 1 unspecified atom stereocenters. The molecule has 0 saturated carbocycles. The van der Waals surface area contributed by atoms with E-state index in [4.69, 9.17) is 13.9 Å². The number of hydrogen-bond acceptors (Lipinski definition) is 6. The SMILES string of the molecule is CCOc1cccc(N2C(=O)C(O)=C(C(=O)c3cc4ccccc4o3)C2c2cccc(OC(C)C)c2)c1. The van der Waals surface area contributed by atoms with E-state index in [0.29, 0.717) is 34.9 Å². The fraction of sp³-hybridized carbons (Fsp3) is 0.200. The van der Waals surface area contributed by atoms with E-state index < -0.39 is 23.5 Å². The van der Waals surface area contributed by atoms with Gasteiger partial charge in [0.15, 0.2) is 11.5 Å². The Hall–Kier alpha value is -4.52. The molecule has 1 amide bonds. The Labute approximate surface area is 214 Å². The summed E-state index contributed by atoms with van der Waals surface area (Å²) in [6.45, 7) is 6.15. The van der Waals surface area contributed by atoms with Crippen molar-refractivity contribution in [2.75, 3.05) is 11.5 Å². The minimum absolute atomic E-state index is 0.0417. The van der Waals surface area contributed by atoms with Crippen molar-refractivity contribution in [3.05, 3.63) is 102 Å². The predicted molar refractivity (Wildman–Crippen MR) is 140 cm³/mol. The molecule has 0 fully saturated rings. The number of ketones is 1. The zero-order chi connectivity index (χ0) is 26.1. The van der Waals surface area contributed by atoms with E-state index in [1.165, 1.54) is 4.90 Å². The summed E-state index contributed by atoms with van der Waals surface area (Å²) in [5.74, 6) is -0.670. The lowest BCUT2D eigenvalue weighted by Crippen LogP contribution is -2.31. The van der Waals surface area contributed by atoms with Crippen LogP contribution in [-0.2, 0) is 4.79 Å². The van der Waals surface area contributed by atoms with Crippen LogP contribution in [0.1, 0.15) is 42.9 Å². The summed E-state index contributed by atoms with van der Waals surface area (Å²) in [6.07, 6.45) is -0.0694. The highest BCUT2D eigenvalue weighted by Crippen LogP contribution is 2.43. The van der Waals surface area contributed by atoms with Crippen LogP contribution in [0, 0.1) is 0 Å². The summed E-state index contributed by atoms with van der Waals surface area (Å²) in [4.78, 5) is 28.7. The van der Waals surface area contributed by atoms with Gasteiger partial charge in [-0.15, -0.1) is 0 Å². The van der Waals surface area contributed by atoms with Crippen LogP contribution >= 0.6 is 0 Å². The normalized spacial score (nSPS) is 15.6. The number of furan rings is 1. The first-order valence-corrected chi connectivity index (χ1v) is 12.2. The van der Waals surface area contributed by atoms with E-state index in [0.717, 1.165) is 5.39 Å². The molecule has 1 aliphatic heterocycles. The van der Waals surface area contributed by atoms with E-state index in [9.17, 15) is 14.7 Å². The maximum atomic E-state index is 13.8. The molecular formula is C30H27NO6. The number of aliphatic hydroxyl groups is 1. The van der Waals surface area contributed by atoms with Gasteiger partial charge in [0.05, 0.1) is 24.3 Å². The quantitative estimate of drug-likeness (QED) is 0.283. The third-order valence-corrected chi connectivity index (χ3v) is 6.05. The van der Waals surface area contributed by atoms with Crippen molar-refractivity contribution in [3.8, 4) is 11.5 Å². The molecule has 1 aromatic heterocycles. The monoisotopic (exact) mass is 497 g/mol. The van der Waals surface area contributed by atoms with Crippen LogP contribution in [-0.4, -0.2) is 29.5 Å². The van der Waals surface area contributed by atoms with Crippen molar-refractivity contribution in [2.45, 2.75) is 32.9 Å². The van der Waals surface area contributed by atoms with Crippen LogP contribution in [0.15, 0.2) is 94.6 Å². The fourth-order valence-corrected chi connectivity index (χ4v) is 4.57. The number of aliphatic hydroxyl groups excluding tert-OH is 1. The van der Waals surface area contributed by atoms with E-state index in [2.05, 4.69) is 0 Å². The van der Waals surface area contributed by atoms with Gasteiger partial charge in [0, 0.05) is 17.1 Å². The molecule has 1 atom stereocenters. The lowest BCUT2D eigenvalue weighted by Gasteiger charge is -2.27. The summed E-state index contributed by atoms with van der Waals surface area (Å²) in [5.41, 5.74) is 1.57. The second-order valence-electron chi connectivity index (χ2n) is 8.99. The van der Waals surface area contributed by atoms with Gasteiger partial charge in [-0.2, -0.15) is 0 Å². The number of carbonyl (C=O) groups excluding carboxylic acids is 2. The number of benzene rings is 3. The smallest absolute Gasteiger partial charge is 0.294 e. The molecule has 0 spiro atoms. The minimum atomic E-state index is -0.916. The minimum Gasteiger partial charge on any atom is -0.503 e. The van der Waals surface area contributed by atoms with Gasteiger partial charge in [-0.1, -0.05) is 36.4 Å². The number of hydrogen-bond donors (Lipinski definition) is 1. The number of amides is 1. The third kappa shape index (κ3) is 4.56. The number of ether oxygens (including phenoxy) is 2. The lowest BCUT2D eigenvalue weighted by molar-refractivity contribution is -0.117. The number of carbonyl (C=O) groups is 2. The van der Waals surface area contributed by atoms with Crippen LogP contribution in [0.2, 0.25) is 0 Å². The largest absolute Gasteiger partial charge is 0.503 e. The van der Waals surface area contributed by atoms with Crippen molar-refractivity contribution in [1.29, 1.82) is 0 Å². The van der Waals surface area contributed by atoms with Gasteiger partial charge < -0.3 is 19.0 Å². The first kappa shape index (κ1) is 24.2. The highest BCUT2D eigenvalue weighted by molar-refractivity contribution is 6.20. The molecule has 7 nitrogen and oxygen atoms in total. The molecule has 4 aromatic rings. The van der Waals surface area contributed by atoms with Crippen molar-refractivity contribution in [2.24, 2.45) is 0 Å².